The summed E-state index contributed by atoms with van der Waals surface area (Å²) in [5.74, 6) is 0.458. The molecule has 2 heteroatoms. The largest absolute Gasteiger partial charge is 0.316 e. The van der Waals surface area contributed by atoms with Gasteiger partial charge in [-0.25, -0.2) is 4.39 Å². The van der Waals surface area contributed by atoms with Crippen LogP contribution in [0.1, 0.15) is 29.9 Å². The van der Waals surface area contributed by atoms with Crippen molar-refractivity contribution in [3.05, 3.63) is 35.1 Å². The first-order chi connectivity index (χ1) is 6.31. The fourth-order valence-electron chi connectivity index (χ4n) is 1.61. The number of hydrogen-bond donors (Lipinski definition) is 1. The van der Waals surface area contributed by atoms with Gasteiger partial charge in [0.25, 0.3) is 0 Å². The van der Waals surface area contributed by atoms with Crippen LogP contribution in [0.4, 0.5) is 4.39 Å². The molecule has 1 fully saturated rings. The van der Waals surface area contributed by atoms with E-state index in [1.807, 2.05) is 19.2 Å². The molecule has 0 atom stereocenters. The predicted octanol–water partition coefficient (Wildman–Crippen LogP) is 2.42. The molecule has 0 spiro atoms. The van der Waals surface area contributed by atoms with E-state index in [-0.39, 0.29) is 5.82 Å². The molecule has 1 aliphatic carbocycles. The Bertz CT molecular complexity index is 305. The number of halogens is 1. The Kier molecular flexibility index (Phi) is 2.32. The van der Waals surface area contributed by atoms with Gasteiger partial charge in [0.15, 0.2) is 0 Å². The van der Waals surface area contributed by atoms with Crippen molar-refractivity contribution < 1.29 is 4.39 Å². The van der Waals surface area contributed by atoms with E-state index in [1.165, 1.54) is 5.56 Å². The molecule has 0 aromatic heterocycles. The average Bonchev–Trinajstić information content (AvgIpc) is 2.92. The summed E-state index contributed by atoms with van der Waals surface area (Å²) >= 11 is 0. The van der Waals surface area contributed by atoms with Gasteiger partial charge >= 0.3 is 0 Å². The summed E-state index contributed by atoms with van der Waals surface area (Å²) in [5.41, 5.74) is 2.08. The van der Waals surface area contributed by atoms with Gasteiger partial charge in [0, 0.05) is 6.54 Å². The maximum atomic E-state index is 13.3. The third-order valence-corrected chi connectivity index (χ3v) is 2.46. The van der Waals surface area contributed by atoms with Crippen molar-refractivity contribution in [2.45, 2.75) is 25.3 Å². The first kappa shape index (κ1) is 8.70. The Labute approximate surface area is 78.0 Å². The summed E-state index contributed by atoms with van der Waals surface area (Å²) in [5, 5.41) is 3.07. The highest BCUT2D eigenvalue weighted by Crippen LogP contribution is 2.41. The van der Waals surface area contributed by atoms with E-state index in [9.17, 15) is 4.39 Å². The summed E-state index contributed by atoms with van der Waals surface area (Å²) in [4.78, 5) is 0. The number of nitrogens with one attached hydrogen (secondary N) is 1. The number of hydrogen-bond acceptors (Lipinski definition) is 1. The Hall–Kier alpha value is -0.890. The molecule has 1 N–H and O–H groups in total. The molecular weight excluding hydrogens is 165 g/mol. The predicted molar refractivity (Wildman–Crippen MR) is 51.1 cm³/mol. The maximum absolute atomic E-state index is 13.3. The zero-order valence-corrected chi connectivity index (χ0v) is 7.81. The standard InChI is InChI=1S/C11H14FN/c1-13-7-8-2-5-11(12)10(6-8)9-3-4-9/h2,5-6,9,13H,3-4,7H2,1H3. The summed E-state index contributed by atoms with van der Waals surface area (Å²) in [6.07, 6.45) is 2.31. The van der Waals surface area contributed by atoms with Gasteiger partial charge in [0.2, 0.25) is 0 Å². The Balaban J connectivity index is 2.25. The lowest BCUT2D eigenvalue weighted by Gasteiger charge is -2.04. The van der Waals surface area contributed by atoms with Crippen LogP contribution in [0.25, 0.3) is 0 Å². The fourth-order valence-corrected chi connectivity index (χ4v) is 1.61. The van der Waals surface area contributed by atoms with Gasteiger partial charge in [0.05, 0.1) is 0 Å². The highest BCUT2D eigenvalue weighted by atomic mass is 19.1. The zero-order chi connectivity index (χ0) is 9.26. The van der Waals surface area contributed by atoms with Crippen LogP contribution in [-0.4, -0.2) is 7.05 Å². The van der Waals surface area contributed by atoms with E-state index >= 15 is 0 Å². The normalized spacial score (nSPS) is 16.2. The summed E-state index contributed by atoms with van der Waals surface area (Å²) in [6.45, 7) is 0.819. The smallest absolute Gasteiger partial charge is 0.126 e. The lowest BCUT2D eigenvalue weighted by Crippen LogP contribution is -2.05. The molecule has 1 aliphatic rings. The van der Waals surface area contributed by atoms with E-state index in [0.29, 0.717) is 5.92 Å². The number of benzene rings is 1. The van der Waals surface area contributed by atoms with Gasteiger partial charge < -0.3 is 5.32 Å². The summed E-state index contributed by atoms with van der Waals surface area (Å²) in [7, 11) is 1.90. The molecule has 0 bridgehead atoms. The molecule has 0 radical (unpaired) electrons. The maximum Gasteiger partial charge on any atom is 0.126 e. The molecule has 0 saturated heterocycles. The van der Waals surface area contributed by atoms with Crippen LogP contribution in [0.2, 0.25) is 0 Å². The zero-order valence-electron chi connectivity index (χ0n) is 7.81. The third-order valence-electron chi connectivity index (χ3n) is 2.46. The van der Waals surface area contributed by atoms with Gasteiger partial charge in [-0.15, -0.1) is 0 Å². The first-order valence-electron chi connectivity index (χ1n) is 4.74. The van der Waals surface area contributed by atoms with Crippen molar-refractivity contribution in [3.8, 4) is 0 Å². The third kappa shape index (κ3) is 1.89. The van der Waals surface area contributed by atoms with Gasteiger partial charge in [-0.2, -0.15) is 0 Å². The summed E-state index contributed by atoms with van der Waals surface area (Å²) < 4.78 is 13.3. The van der Waals surface area contributed by atoms with Gasteiger partial charge in [0.1, 0.15) is 5.82 Å². The van der Waals surface area contributed by atoms with Crippen molar-refractivity contribution in [1.82, 2.24) is 5.32 Å². The molecule has 70 valence electrons. The van der Waals surface area contributed by atoms with E-state index < -0.39 is 0 Å². The second-order valence-corrected chi connectivity index (χ2v) is 3.66. The van der Waals surface area contributed by atoms with Crippen LogP contribution in [0, 0.1) is 5.82 Å². The molecule has 1 nitrogen and oxygen atoms in total. The Morgan fingerprint density at radius 2 is 2.23 bits per heavy atom. The minimum atomic E-state index is -0.0395. The minimum Gasteiger partial charge on any atom is -0.316 e. The van der Waals surface area contributed by atoms with Crippen LogP contribution >= 0.6 is 0 Å². The second-order valence-electron chi connectivity index (χ2n) is 3.66. The second kappa shape index (κ2) is 3.46. The fraction of sp³-hybridized carbons (Fsp3) is 0.455. The molecular formula is C11H14FN. The van der Waals surface area contributed by atoms with Crippen LogP contribution in [0.5, 0.6) is 0 Å². The highest BCUT2D eigenvalue weighted by molar-refractivity contribution is 5.30. The van der Waals surface area contributed by atoms with Crippen molar-refractivity contribution in [3.63, 3.8) is 0 Å². The van der Waals surface area contributed by atoms with Crippen LogP contribution in [0.3, 0.4) is 0 Å². The van der Waals surface area contributed by atoms with Crippen LogP contribution < -0.4 is 5.32 Å². The molecule has 0 amide bonds. The summed E-state index contributed by atoms with van der Waals surface area (Å²) in [6, 6.07) is 5.42. The Morgan fingerprint density at radius 3 is 2.85 bits per heavy atom. The molecule has 1 saturated carbocycles. The SMILES string of the molecule is CNCc1ccc(F)c(C2CC2)c1. The lowest BCUT2D eigenvalue weighted by atomic mass is 10.1. The molecule has 0 aliphatic heterocycles. The van der Waals surface area contributed by atoms with E-state index in [2.05, 4.69) is 5.32 Å². The number of rotatable bonds is 3. The van der Waals surface area contributed by atoms with Gasteiger partial charge in [-0.3, -0.25) is 0 Å². The quantitative estimate of drug-likeness (QED) is 0.751. The van der Waals surface area contributed by atoms with Crippen molar-refractivity contribution in [1.29, 1.82) is 0 Å². The highest BCUT2D eigenvalue weighted by Gasteiger charge is 2.26. The van der Waals surface area contributed by atoms with Crippen LogP contribution in [0.15, 0.2) is 18.2 Å². The van der Waals surface area contributed by atoms with E-state index in [0.717, 1.165) is 24.9 Å². The lowest BCUT2D eigenvalue weighted by molar-refractivity contribution is 0.609. The molecule has 13 heavy (non-hydrogen) atoms. The van der Waals surface area contributed by atoms with E-state index in [1.54, 1.807) is 6.07 Å². The van der Waals surface area contributed by atoms with Crippen molar-refractivity contribution >= 4 is 0 Å². The molecule has 0 heterocycles. The Morgan fingerprint density at radius 1 is 1.46 bits per heavy atom. The minimum absolute atomic E-state index is 0.0395. The van der Waals surface area contributed by atoms with Crippen molar-refractivity contribution in [2.75, 3.05) is 7.05 Å². The topological polar surface area (TPSA) is 12.0 Å². The monoisotopic (exact) mass is 179 g/mol. The molecule has 0 unspecified atom stereocenters. The average molecular weight is 179 g/mol. The molecule has 1 aromatic rings. The van der Waals surface area contributed by atoms with Crippen molar-refractivity contribution in [2.24, 2.45) is 0 Å². The molecule has 1 aromatic carbocycles. The first-order valence-corrected chi connectivity index (χ1v) is 4.74. The van der Waals surface area contributed by atoms with E-state index in [4.69, 9.17) is 0 Å². The van der Waals surface area contributed by atoms with Gasteiger partial charge in [-0.05, 0) is 43.0 Å². The van der Waals surface area contributed by atoms with Crippen LogP contribution in [-0.2, 0) is 6.54 Å². The van der Waals surface area contributed by atoms with Gasteiger partial charge in [-0.1, -0.05) is 12.1 Å². The molecule has 2 rings (SSSR count).